The van der Waals surface area contributed by atoms with Crippen LogP contribution in [0.1, 0.15) is 43.9 Å². The number of hydrogen-bond donors (Lipinski definition) is 0. The lowest BCUT2D eigenvalue weighted by Crippen LogP contribution is -2.34. The van der Waals surface area contributed by atoms with Crippen LogP contribution in [0.2, 0.25) is 0 Å². The van der Waals surface area contributed by atoms with Gasteiger partial charge in [-0.25, -0.2) is 4.68 Å². The molecule has 1 aromatic heterocycles. The number of aryl methyl sites for hydroxylation is 1. The number of halogens is 1. The van der Waals surface area contributed by atoms with Crippen LogP contribution in [0.5, 0.6) is 0 Å². The highest BCUT2D eigenvalue weighted by atomic mass is 79.9. The Morgan fingerprint density at radius 3 is 2.26 bits per heavy atom. The number of nitrogens with zero attached hydrogens (tertiary/aromatic N) is 3. The number of likely N-dealkylation sites (tertiary alicyclic amines) is 1. The van der Waals surface area contributed by atoms with Gasteiger partial charge >= 0.3 is 0 Å². The van der Waals surface area contributed by atoms with Crippen LogP contribution in [0.25, 0.3) is 5.69 Å². The molecule has 164 valence electrons. The predicted octanol–water partition coefficient (Wildman–Crippen LogP) is 5.66. The molecule has 1 aliphatic heterocycles. The standard InChI is InChI=1S/C26H32BrN3O/c1-2-29-24(25(27)26(31)30(29)23-14-7-4-8-15-23)20-28-18-16-22(17-19-28)13-9-12-21-10-5-3-6-11-21/h3-8,10-11,14-15,22H,2,9,12-13,16-20H2,1H3. The van der Waals surface area contributed by atoms with Gasteiger partial charge in [-0.05, 0) is 85.2 Å². The third kappa shape index (κ3) is 5.21. The van der Waals surface area contributed by atoms with E-state index in [1.165, 1.54) is 37.7 Å². The fourth-order valence-corrected chi connectivity index (χ4v) is 5.25. The van der Waals surface area contributed by atoms with Crippen LogP contribution < -0.4 is 5.56 Å². The molecule has 0 aliphatic carbocycles. The van der Waals surface area contributed by atoms with Crippen molar-refractivity contribution in [2.45, 2.75) is 52.1 Å². The SMILES string of the molecule is CCn1c(CN2CCC(CCCc3ccccc3)CC2)c(Br)c(=O)n1-c1ccccc1. The fourth-order valence-electron chi connectivity index (χ4n) is 4.75. The Labute approximate surface area is 193 Å². The minimum atomic E-state index is 0.0267. The molecule has 0 unspecified atom stereocenters. The number of rotatable bonds is 8. The van der Waals surface area contributed by atoms with Crippen LogP contribution in [0, 0.1) is 5.92 Å². The molecule has 0 amide bonds. The minimum Gasteiger partial charge on any atom is -0.297 e. The zero-order chi connectivity index (χ0) is 21.6. The molecule has 0 N–H and O–H groups in total. The monoisotopic (exact) mass is 481 g/mol. The normalized spacial score (nSPS) is 15.4. The molecule has 4 nitrogen and oxygen atoms in total. The molecule has 5 heteroatoms. The average molecular weight is 482 g/mol. The molecule has 1 aliphatic rings. The topological polar surface area (TPSA) is 30.2 Å². The highest BCUT2D eigenvalue weighted by Crippen LogP contribution is 2.26. The van der Waals surface area contributed by atoms with E-state index in [1.54, 1.807) is 4.68 Å². The summed E-state index contributed by atoms with van der Waals surface area (Å²) in [5, 5.41) is 0. The first-order chi connectivity index (χ1) is 15.2. The van der Waals surface area contributed by atoms with Crippen molar-refractivity contribution >= 4 is 15.9 Å². The maximum absolute atomic E-state index is 13.0. The second-order valence-electron chi connectivity index (χ2n) is 8.53. The summed E-state index contributed by atoms with van der Waals surface area (Å²) in [7, 11) is 0. The van der Waals surface area contributed by atoms with E-state index in [9.17, 15) is 4.79 Å². The van der Waals surface area contributed by atoms with Crippen LogP contribution in [-0.4, -0.2) is 27.4 Å². The van der Waals surface area contributed by atoms with Crippen molar-refractivity contribution in [3.8, 4) is 5.69 Å². The molecule has 2 heterocycles. The van der Waals surface area contributed by atoms with Crippen LogP contribution in [0.3, 0.4) is 0 Å². The zero-order valence-electron chi connectivity index (χ0n) is 18.3. The summed E-state index contributed by atoms with van der Waals surface area (Å²) in [6.07, 6.45) is 6.28. The molecule has 0 radical (unpaired) electrons. The van der Waals surface area contributed by atoms with Crippen molar-refractivity contribution in [3.63, 3.8) is 0 Å². The summed E-state index contributed by atoms with van der Waals surface area (Å²) < 4.78 is 4.62. The third-order valence-corrected chi connectivity index (χ3v) is 7.28. The van der Waals surface area contributed by atoms with Gasteiger partial charge in [0.15, 0.2) is 0 Å². The second-order valence-corrected chi connectivity index (χ2v) is 9.32. The van der Waals surface area contributed by atoms with E-state index >= 15 is 0 Å². The molecule has 0 spiro atoms. The Hall–Kier alpha value is -2.11. The van der Waals surface area contributed by atoms with E-state index < -0.39 is 0 Å². The van der Waals surface area contributed by atoms with E-state index in [1.807, 2.05) is 30.3 Å². The first-order valence-electron chi connectivity index (χ1n) is 11.5. The molecular weight excluding hydrogens is 450 g/mol. The van der Waals surface area contributed by atoms with Gasteiger partial charge in [-0.3, -0.25) is 14.4 Å². The Morgan fingerprint density at radius 1 is 0.968 bits per heavy atom. The smallest absolute Gasteiger partial charge is 0.286 e. The summed E-state index contributed by atoms with van der Waals surface area (Å²) in [6.45, 7) is 5.91. The fraction of sp³-hybridized carbons (Fsp3) is 0.423. The Morgan fingerprint density at radius 2 is 1.61 bits per heavy atom. The number of para-hydroxylation sites is 1. The first-order valence-corrected chi connectivity index (χ1v) is 12.3. The lowest BCUT2D eigenvalue weighted by molar-refractivity contribution is 0.166. The van der Waals surface area contributed by atoms with Gasteiger partial charge in [0.2, 0.25) is 0 Å². The lowest BCUT2D eigenvalue weighted by atomic mass is 9.90. The maximum Gasteiger partial charge on any atom is 0.286 e. The second kappa shape index (κ2) is 10.5. The lowest BCUT2D eigenvalue weighted by Gasteiger charge is -2.32. The van der Waals surface area contributed by atoms with Gasteiger partial charge in [-0.2, -0.15) is 0 Å². The zero-order valence-corrected chi connectivity index (χ0v) is 19.9. The van der Waals surface area contributed by atoms with E-state index in [-0.39, 0.29) is 5.56 Å². The predicted molar refractivity (Wildman–Crippen MR) is 131 cm³/mol. The van der Waals surface area contributed by atoms with Crippen molar-refractivity contribution in [2.24, 2.45) is 5.92 Å². The Kier molecular flexibility index (Phi) is 7.46. The van der Waals surface area contributed by atoms with Crippen LogP contribution in [0.4, 0.5) is 0 Å². The van der Waals surface area contributed by atoms with Crippen LogP contribution >= 0.6 is 15.9 Å². The molecule has 3 aromatic rings. The molecule has 2 aromatic carbocycles. The summed E-state index contributed by atoms with van der Waals surface area (Å²) >= 11 is 3.60. The quantitative estimate of drug-likeness (QED) is 0.415. The number of benzene rings is 2. The highest BCUT2D eigenvalue weighted by Gasteiger charge is 2.24. The molecular formula is C26H32BrN3O. The van der Waals surface area contributed by atoms with Gasteiger partial charge in [-0.15, -0.1) is 0 Å². The van der Waals surface area contributed by atoms with Crippen molar-refractivity contribution in [3.05, 3.63) is 86.7 Å². The van der Waals surface area contributed by atoms with E-state index in [0.717, 1.165) is 43.5 Å². The maximum atomic E-state index is 13.0. The summed E-state index contributed by atoms with van der Waals surface area (Å²) in [5.74, 6) is 0.825. The highest BCUT2D eigenvalue weighted by molar-refractivity contribution is 9.10. The summed E-state index contributed by atoms with van der Waals surface area (Å²) in [6, 6.07) is 20.7. The number of piperidine rings is 1. The van der Waals surface area contributed by atoms with Crippen molar-refractivity contribution in [1.29, 1.82) is 0 Å². The van der Waals surface area contributed by atoms with Crippen molar-refractivity contribution < 1.29 is 0 Å². The van der Waals surface area contributed by atoms with Gasteiger partial charge in [0.1, 0.15) is 4.47 Å². The molecule has 0 bridgehead atoms. The van der Waals surface area contributed by atoms with Crippen LogP contribution in [-0.2, 0) is 19.5 Å². The largest absolute Gasteiger partial charge is 0.297 e. The van der Waals surface area contributed by atoms with Gasteiger partial charge in [0.25, 0.3) is 5.56 Å². The first kappa shape index (κ1) is 22.1. The molecule has 0 saturated carbocycles. The van der Waals surface area contributed by atoms with Gasteiger partial charge in [-0.1, -0.05) is 55.0 Å². The molecule has 31 heavy (non-hydrogen) atoms. The summed E-state index contributed by atoms with van der Waals surface area (Å²) in [5.41, 5.74) is 3.47. The van der Waals surface area contributed by atoms with Gasteiger partial charge < -0.3 is 0 Å². The third-order valence-electron chi connectivity index (χ3n) is 6.49. The average Bonchev–Trinajstić information content (AvgIpc) is 3.06. The minimum absolute atomic E-state index is 0.0267. The molecule has 0 atom stereocenters. The van der Waals surface area contributed by atoms with E-state index in [0.29, 0.717) is 4.47 Å². The number of aromatic nitrogens is 2. The number of hydrogen-bond acceptors (Lipinski definition) is 2. The molecule has 4 rings (SSSR count). The van der Waals surface area contributed by atoms with Gasteiger partial charge in [0, 0.05) is 13.1 Å². The summed E-state index contributed by atoms with van der Waals surface area (Å²) in [4.78, 5) is 15.5. The van der Waals surface area contributed by atoms with E-state index in [4.69, 9.17) is 0 Å². The van der Waals surface area contributed by atoms with E-state index in [2.05, 4.69) is 62.8 Å². The van der Waals surface area contributed by atoms with Crippen molar-refractivity contribution in [2.75, 3.05) is 13.1 Å². The molecule has 1 fully saturated rings. The van der Waals surface area contributed by atoms with Crippen LogP contribution in [0.15, 0.2) is 69.9 Å². The van der Waals surface area contributed by atoms with Gasteiger partial charge in [0.05, 0.1) is 11.4 Å². The Bertz CT molecular complexity index is 1020. The Balaban J connectivity index is 1.36. The van der Waals surface area contributed by atoms with Crippen molar-refractivity contribution in [1.82, 2.24) is 14.3 Å². The molecule has 1 saturated heterocycles.